The smallest absolute Gasteiger partial charge is 0.246 e. The van der Waals surface area contributed by atoms with Gasteiger partial charge in [-0.3, -0.25) is 19.8 Å². The number of rotatable bonds is 3. The summed E-state index contributed by atoms with van der Waals surface area (Å²) in [7, 11) is 0. The van der Waals surface area contributed by atoms with Crippen LogP contribution in [-0.4, -0.2) is 29.3 Å². The fourth-order valence-corrected chi connectivity index (χ4v) is 2.33. The van der Waals surface area contributed by atoms with Crippen LogP contribution in [0.15, 0.2) is 18.2 Å². The van der Waals surface area contributed by atoms with Crippen molar-refractivity contribution in [3.8, 4) is 0 Å². The van der Waals surface area contributed by atoms with E-state index in [9.17, 15) is 9.59 Å². The molecule has 1 unspecified atom stereocenters. The summed E-state index contributed by atoms with van der Waals surface area (Å²) >= 11 is 11.8. The molecule has 1 aliphatic heterocycles. The molecule has 2 rings (SSSR count). The summed E-state index contributed by atoms with van der Waals surface area (Å²) in [6, 6.07) is 4.80. The Balaban J connectivity index is 2.18. The predicted molar refractivity (Wildman–Crippen MR) is 74.1 cm³/mol. The molecule has 0 aromatic heterocycles. The molecule has 6 heteroatoms. The van der Waals surface area contributed by atoms with E-state index in [1.807, 2.05) is 6.92 Å². The number of halogens is 2. The van der Waals surface area contributed by atoms with Gasteiger partial charge >= 0.3 is 0 Å². The summed E-state index contributed by atoms with van der Waals surface area (Å²) in [5.74, 6) is -0.411. The van der Waals surface area contributed by atoms with Gasteiger partial charge in [-0.2, -0.15) is 0 Å². The van der Waals surface area contributed by atoms with Crippen molar-refractivity contribution >= 4 is 35.0 Å². The number of nitrogens with zero attached hydrogens (tertiary/aromatic N) is 1. The molecule has 1 heterocycles. The summed E-state index contributed by atoms with van der Waals surface area (Å²) < 4.78 is 0. The number of imide groups is 1. The van der Waals surface area contributed by atoms with E-state index in [0.717, 1.165) is 5.56 Å². The van der Waals surface area contributed by atoms with Gasteiger partial charge in [0.15, 0.2) is 0 Å². The minimum Gasteiger partial charge on any atom is -0.297 e. The Morgan fingerprint density at radius 1 is 1.32 bits per heavy atom. The highest BCUT2D eigenvalue weighted by Gasteiger charge is 2.32. The van der Waals surface area contributed by atoms with Gasteiger partial charge in [0.1, 0.15) is 0 Å². The molecule has 102 valence electrons. The highest BCUT2D eigenvalue weighted by molar-refractivity contribution is 6.42. The maximum absolute atomic E-state index is 12.1. The van der Waals surface area contributed by atoms with Gasteiger partial charge in [0, 0.05) is 0 Å². The molecule has 0 spiro atoms. The highest BCUT2D eigenvalue weighted by Crippen LogP contribution is 2.23. The van der Waals surface area contributed by atoms with Gasteiger partial charge in [-0.1, -0.05) is 36.2 Å². The Kier molecular flexibility index (Phi) is 4.45. The lowest BCUT2D eigenvalue weighted by Gasteiger charge is -2.31. The zero-order valence-electron chi connectivity index (χ0n) is 10.5. The largest absolute Gasteiger partial charge is 0.297 e. The minimum atomic E-state index is -0.291. The molecule has 1 saturated heterocycles. The van der Waals surface area contributed by atoms with Gasteiger partial charge in [0.2, 0.25) is 11.8 Å². The van der Waals surface area contributed by atoms with Crippen molar-refractivity contribution in [2.24, 2.45) is 0 Å². The van der Waals surface area contributed by atoms with E-state index in [0.29, 0.717) is 16.5 Å². The van der Waals surface area contributed by atoms with E-state index in [1.165, 1.54) is 4.90 Å². The third-order valence-corrected chi connectivity index (χ3v) is 3.84. The van der Waals surface area contributed by atoms with Gasteiger partial charge < -0.3 is 0 Å². The van der Waals surface area contributed by atoms with Gasteiger partial charge in [0.25, 0.3) is 0 Å². The number of carbonyl (C=O) groups excluding carboxylic acids is 2. The van der Waals surface area contributed by atoms with Gasteiger partial charge in [-0.15, -0.1) is 0 Å². The maximum Gasteiger partial charge on any atom is 0.246 e. The highest BCUT2D eigenvalue weighted by atomic mass is 35.5. The van der Waals surface area contributed by atoms with Crippen LogP contribution in [0.1, 0.15) is 18.9 Å². The van der Waals surface area contributed by atoms with Crippen molar-refractivity contribution in [3.63, 3.8) is 0 Å². The van der Waals surface area contributed by atoms with E-state index in [1.54, 1.807) is 18.2 Å². The topological polar surface area (TPSA) is 49.4 Å². The zero-order chi connectivity index (χ0) is 14.0. The predicted octanol–water partition coefficient (Wildman–Crippen LogP) is 2.23. The number of carbonyl (C=O) groups is 2. The van der Waals surface area contributed by atoms with E-state index in [-0.39, 0.29) is 30.9 Å². The molecule has 1 aromatic carbocycles. The molecule has 1 aliphatic rings. The third kappa shape index (κ3) is 3.08. The lowest BCUT2D eigenvalue weighted by Crippen LogP contribution is -2.57. The molecule has 1 aromatic rings. The molecule has 0 saturated carbocycles. The zero-order valence-corrected chi connectivity index (χ0v) is 12.0. The summed E-state index contributed by atoms with van der Waals surface area (Å²) in [4.78, 5) is 25.2. The van der Waals surface area contributed by atoms with Crippen LogP contribution in [-0.2, 0) is 16.1 Å². The average molecular weight is 301 g/mol. The second kappa shape index (κ2) is 5.90. The number of nitrogens with one attached hydrogen (secondary N) is 1. The van der Waals surface area contributed by atoms with E-state index >= 15 is 0 Å². The standard InChI is InChI=1S/C13H14Cl2N2O2/c1-2-11-13(19)17(12(18)6-16-11)7-8-3-4-9(14)10(15)5-8/h3-5,11,16H,2,6-7H2,1H3. The van der Waals surface area contributed by atoms with Crippen molar-refractivity contribution in [1.82, 2.24) is 10.2 Å². The first-order valence-electron chi connectivity index (χ1n) is 6.04. The fourth-order valence-electron chi connectivity index (χ4n) is 2.01. The Morgan fingerprint density at radius 2 is 2.05 bits per heavy atom. The Hall–Kier alpha value is -1.10. The van der Waals surface area contributed by atoms with Crippen LogP contribution in [0.4, 0.5) is 0 Å². The van der Waals surface area contributed by atoms with Gasteiger partial charge in [-0.05, 0) is 24.1 Å². The molecule has 0 radical (unpaired) electrons. The van der Waals surface area contributed by atoms with Crippen LogP contribution >= 0.6 is 23.2 Å². The first-order chi connectivity index (χ1) is 9.02. The second-order valence-corrected chi connectivity index (χ2v) is 5.22. The number of benzene rings is 1. The first-order valence-corrected chi connectivity index (χ1v) is 6.80. The summed E-state index contributed by atoms with van der Waals surface area (Å²) in [5.41, 5.74) is 0.785. The Bertz CT molecular complexity index is 519. The van der Waals surface area contributed by atoms with Gasteiger partial charge in [0.05, 0.1) is 29.2 Å². The van der Waals surface area contributed by atoms with Crippen molar-refractivity contribution in [2.45, 2.75) is 25.9 Å². The average Bonchev–Trinajstić information content (AvgIpc) is 2.39. The minimum absolute atomic E-state index is 0.186. The summed E-state index contributed by atoms with van der Waals surface area (Å²) in [6.07, 6.45) is 0.657. The van der Waals surface area contributed by atoms with Crippen LogP contribution < -0.4 is 5.32 Å². The Morgan fingerprint density at radius 3 is 2.68 bits per heavy atom. The van der Waals surface area contributed by atoms with Crippen molar-refractivity contribution < 1.29 is 9.59 Å². The van der Waals surface area contributed by atoms with Crippen molar-refractivity contribution in [3.05, 3.63) is 33.8 Å². The normalized spacial score (nSPS) is 19.9. The lowest BCUT2D eigenvalue weighted by molar-refractivity contribution is -0.150. The van der Waals surface area contributed by atoms with Crippen LogP contribution in [0.25, 0.3) is 0 Å². The second-order valence-electron chi connectivity index (χ2n) is 4.41. The molecule has 4 nitrogen and oxygen atoms in total. The third-order valence-electron chi connectivity index (χ3n) is 3.10. The fraction of sp³-hybridized carbons (Fsp3) is 0.385. The molecule has 2 amide bonds. The molecule has 1 fully saturated rings. The quantitative estimate of drug-likeness (QED) is 0.871. The molecular weight excluding hydrogens is 287 g/mol. The van der Waals surface area contributed by atoms with E-state index in [2.05, 4.69) is 5.32 Å². The Labute approximate surface area is 121 Å². The van der Waals surface area contributed by atoms with Gasteiger partial charge in [-0.25, -0.2) is 0 Å². The molecular formula is C13H14Cl2N2O2. The molecule has 19 heavy (non-hydrogen) atoms. The number of amides is 2. The van der Waals surface area contributed by atoms with Crippen LogP contribution in [0.2, 0.25) is 10.0 Å². The monoisotopic (exact) mass is 300 g/mol. The van der Waals surface area contributed by atoms with Crippen molar-refractivity contribution in [2.75, 3.05) is 6.54 Å². The molecule has 0 bridgehead atoms. The maximum atomic E-state index is 12.1. The van der Waals surface area contributed by atoms with E-state index < -0.39 is 0 Å². The molecule has 0 aliphatic carbocycles. The SMILES string of the molecule is CCC1NCC(=O)N(Cc2ccc(Cl)c(Cl)c2)C1=O. The lowest BCUT2D eigenvalue weighted by atomic mass is 10.1. The summed E-state index contributed by atoms with van der Waals surface area (Å²) in [5, 5.41) is 3.79. The molecule has 1 atom stereocenters. The summed E-state index contributed by atoms with van der Waals surface area (Å²) in [6.45, 7) is 2.32. The molecule has 1 N–H and O–H groups in total. The number of hydrogen-bond acceptors (Lipinski definition) is 3. The number of hydrogen-bond donors (Lipinski definition) is 1. The van der Waals surface area contributed by atoms with Crippen molar-refractivity contribution in [1.29, 1.82) is 0 Å². The number of piperazine rings is 1. The van der Waals surface area contributed by atoms with Crippen LogP contribution in [0, 0.1) is 0 Å². The van der Waals surface area contributed by atoms with Crippen LogP contribution in [0.3, 0.4) is 0 Å². The van der Waals surface area contributed by atoms with E-state index in [4.69, 9.17) is 23.2 Å². The first kappa shape index (κ1) is 14.3. The van der Waals surface area contributed by atoms with Crippen LogP contribution in [0.5, 0.6) is 0 Å².